The second-order valence-electron chi connectivity index (χ2n) is 2.31. The lowest BCUT2D eigenvalue weighted by atomic mass is 10.3. The summed E-state index contributed by atoms with van der Waals surface area (Å²) in [6.45, 7) is 0. The highest BCUT2D eigenvalue weighted by molar-refractivity contribution is 9.11. The first-order valence-electron chi connectivity index (χ1n) is 3.17. The van der Waals surface area contributed by atoms with Gasteiger partial charge in [-0.25, -0.2) is 4.98 Å². The Hall–Kier alpha value is -0.420. The highest BCUT2D eigenvalue weighted by atomic mass is 79.9. The molecule has 0 radical (unpaired) electrons. The van der Waals surface area contributed by atoms with Gasteiger partial charge in [0.15, 0.2) is 0 Å². The highest BCUT2D eigenvalue weighted by Gasteiger charge is 2.05. The number of hydrogen-bond donors (Lipinski definition) is 1. The molecule has 0 unspecified atom stereocenters. The topological polar surface area (TPSA) is 28.7 Å². The van der Waals surface area contributed by atoms with Crippen LogP contribution in [-0.4, -0.2) is 9.97 Å². The number of rotatable bonds is 0. The first-order valence-corrected chi connectivity index (χ1v) is 4.75. The molecule has 2 nitrogen and oxygen atoms in total. The molecule has 0 fully saturated rings. The van der Waals surface area contributed by atoms with E-state index in [4.69, 9.17) is 0 Å². The van der Waals surface area contributed by atoms with Gasteiger partial charge in [-0.15, -0.1) is 0 Å². The summed E-state index contributed by atoms with van der Waals surface area (Å²) in [5, 5.41) is 0. The first kappa shape index (κ1) is 8.19. The second kappa shape index (κ2) is 2.81. The zero-order valence-corrected chi connectivity index (χ0v) is 8.91. The van der Waals surface area contributed by atoms with E-state index in [1.165, 1.54) is 0 Å². The Morgan fingerprint density at radius 3 is 2.83 bits per heavy atom. The van der Waals surface area contributed by atoms with E-state index >= 15 is 0 Å². The molecule has 0 bridgehead atoms. The smallest absolute Gasteiger partial charge is 0.287 e. The lowest BCUT2D eigenvalue weighted by molar-refractivity contribution is 0.556. The molecule has 2 rings (SSSR count). The van der Waals surface area contributed by atoms with E-state index in [-0.39, 0.29) is 0 Å². The number of imidazole rings is 1. The van der Waals surface area contributed by atoms with E-state index < -0.39 is 6.08 Å². The molecule has 0 saturated carbocycles. The number of fused-ring (bicyclic) bond motifs is 1. The molecule has 0 aliphatic rings. The SMILES string of the molecule is Fc1nc2c(Br)cc(Br)cc2[nH]1. The van der Waals surface area contributed by atoms with Gasteiger partial charge in [0.25, 0.3) is 6.08 Å². The fourth-order valence-corrected chi connectivity index (χ4v) is 2.33. The molecule has 0 spiro atoms. The number of nitrogens with one attached hydrogen (secondary N) is 1. The van der Waals surface area contributed by atoms with Crippen LogP contribution in [0.5, 0.6) is 0 Å². The van der Waals surface area contributed by atoms with E-state index in [1.807, 2.05) is 6.07 Å². The zero-order valence-electron chi connectivity index (χ0n) is 5.74. The Balaban J connectivity index is 2.88. The van der Waals surface area contributed by atoms with Crippen LogP contribution in [0.3, 0.4) is 0 Å². The minimum Gasteiger partial charge on any atom is -0.314 e. The average Bonchev–Trinajstić information content (AvgIpc) is 2.29. The Labute approximate surface area is 84.4 Å². The number of benzene rings is 1. The van der Waals surface area contributed by atoms with Crippen LogP contribution in [-0.2, 0) is 0 Å². The Morgan fingerprint density at radius 1 is 1.33 bits per heavy atom. The van der Waals surface area contributed by atoms with E-state index in [0.717, 1.165) is 8.95 Å². The molecular formula is C7H3Br2FN2. The number of aromatic nitrogens is 2. The molecule has 1 N–H and O–H groups in total. The largest absolute Gasteiger partial charge is 0.314 e. The average molecular weight is 294 g/mol. The quantitative estimate of drug-likeness (QED) is 0.794. The van der Waals surface area contributed by atoms with E-state index in [9.17, 15) is 4.39 Å². The molecule has 0 amide bonds. The number of H-pyrrole nitrogens is 1. The molecule has 2 aromatic rings. The van der Waals surface area contributed by atoms with Crippen molar-refractivity contribution < 1.29 is 4.39 Å². The van der Waals surface area contributed by atoms with Crippen LogP contribution in [0.25, 0.3) is 11.0 Å². The number of halogens is 3. The Kier molecular flexibility index (Phi) is 1.92. The minimum atomic E-state index is -0.566. The van der Waals surface area contributed by atoms with Gasteiger partial charge in [0.2, 0.25) is 0 Å². The molecule has 5 heteroatoms. The normalized spacial score (nSPS) is 10.9. The van der Waals surface area contributed by atoms with Gasteiger partial charge in [-0.05, 0) is 28.1 Å². The van der Waals surface area contributed by atoms with Gasteiger partial charge in [0.1, 0.15) is 5.52 Å². The van der Waals surface area contributed by atoms with Crippen LogP contribution in [0, 0.1) is 6.08 Å². The predicted molar refractivity (Wildman–Crippen MR) is 51.5 cm³/mol. The van der Waals surface area contributed by atoms with Gasteiger partial charge in [0.05, 0.1) is 5.52 Å². The van der Waals surface area contributed by atoms with Crippen LogP contribution in [0.15, 0.2) is 21.1 Å². The molecule has 1 aromatic heterocycles. The third-order valence-electron chi connectivity index (χ3n) is 1.48. The molecule has 1 heterocycles. The maximum atomic E-state index is 12.6. The van der Waals surface area contributed by atoms with Crippen LogP contribution in [0.2, 0.25) is 0 Å². The zero-order chi connectivity index (χ0) is 8.72. The molecule has 12 heavy (non-hydrogen) atoms. The standard InChI is InChI=1S/C7H3Br2FN2/c8-3-1-4(9)6-5(2-3)11-7(10)12-6/h1-2H,(H,11,12). The maximum Gasteiger partial charge on any atom is 0.287 e. The maximum absolute atomic E-state index is 12.6. The fraction of sp³-hybridized carbons (Fsp3) is 0. The van der Waals surface area contributed by atoms with Crippen molar-refractivity contribution >= 4 is 42.9 Å². The molecule has 0 saturated heterocycles. The second-order valence-corrected chi connectivity index (χ2v) is 4.08. The molecule has 1 aromatic carbocycles. The summed E-state index contributed by atoms with van der Waals surface area (Å²) < 4.78 is 14.3. The van der Waals surface area contributed by atoms with Crippen LogP contribution in [0.1, 0.15) is 0 Å². The van der Waals surface area contributed by atoms with Crippen LogP contribution < -0.4 is 0 Å². The lowest BCUT2D eigenvalue weighted by Crippen LogP contribution is -1.72. The van der Waals surface area contributed by atoms with Gasteiger partial charge >= 0.3 is 0 Å². The molecule has 0 aliphatic heterocycles. The molecular weight excluding hydrogens is 291 g/mol. The van der Waals surface area contributed by atoms with Gasteiger partial charge in [-0.2, -0.15) is 4.39 Å². The summed E-state index contributed by atoms with van der Waals surface area (Å²) in [7, 11) is 0. The summed E-state index contributed by atoms with van der Waals surface area (Å²) in [4.78, 5) is 6.17. The third kappa shape index (κ3) is 1.27. The lowest BCUT2D eigenvalue weighted by Gasteiger charge is -1.92. The third-order valence-corrected chi connectivity index (χ3v) is 2.54. The monoisotopic (exact) mass is 292 g/mol. The molecule has 0 aliphatic carbocycles. The highest BCUT2D eigenvalue weighted by Crippen LogP contribution is 2.26. The van der Waals surface area contributed by atoms with Gasteiger partial charge in [0, 0.05) is 8.95 Å². The minimum absolute atomic E-state index is 0.566. The molecule has 62 valence electrons. The van der Waals surface area contributed by atoms with Gasteiger partial charge < -0.3 is 4.98 Å². The Bertz CT molecular complexity index is 438. The van der Waals surface area contributed by atoms with Crippen LogP contribution >= 0.6 is 31.9 Å². The summed E-state index contributed by atoms with van der Waals surface area (Å²) in [6, 6.07) is 3.60. The van der Waals surface area contributed by atoms with Gasteiger partial charge in [-0.1, -0.05) is 15.9 Å². The van der Waals surface area contributed by atoms with Crippen molar-refractivity contribution in [3.63, 3.8) is 0 Å². The van der Waals surface area contributed by atoms with Crippen molar-refractivity contribution in [2.75, 3.05) is 0 Å². The summed E-state index contributed by atoms with van der Waals surface area (Å²) in [5.74, 6) is 0. The number of hydrogen-bond acceptors (Lipinski definition) is 1. The summed E-state index contributed by atoms with van der Waals surface area (Å²) >= 11 is 6.57. The van der Waals surface area contributed by atoms with Crippen molar-refractivity contribution in [1.82, 2.24) is 9.97 Å². The van der Waals surface area contributed by atoms with Crippen molar-refractivity contribution in [2.24, 2.45) is 0 Å². The van der Waals surface area contributed by atoms with E-state index in [1.54, 1.807) is 6.07 Å². The fourth-order valence-electron chi connectivity index (χ4n) is 1.01. The van der Waals surface area contributed by atoms with Crippen molar-refractivity contribution in [3.05, 3.63) is 27.2 Å². The van der Waals surface area contributed by atoms with E-state index in [0.29, 0.717) is 11.0 Å². The molecule has 0 atom stereocenters. The van der Waals surface area contributed by atoms with E-state index in [2.05, 4.69) is 41.8 Å². The van der Waals surface area contributed by atoms with Crippen molar-refractivity contribution in [3.8, 4) is 0 Å². The van der Waals surface area contributed by atoms with Crippen molar-refractivity contribution in [1.29, 1.82) is 0 Å². The summed E-state index contributed by atoms with van der Waals surface area (Å²) in [6.07, 6.45) is -0.566. The number of nitrogens with zero attached hydrogens (tertiary/aromatic N) is 1. The number of aromatic amines is 1. The predicted octanol–water partition coefficient (Wildman–Crippen LogP) is 3.23. The van der Waals surface area contributed by atoms with Gasteiger partial charge in [-0.3, -0.25) is 0 Å². The Morgan fingerprint density at radius 2 is 2.08 bits per heavy atom. The first-order chi connectivity index (χ1) is 5.66. The van der Waals surface area contributed by atoms with Crippen molar-refractivity contribution in [2.45, 2.75) is 0 Å². The summed E-state index contributed by atoms with van der Waals surface area (Å²) in [5.41, 5.74) is 1.28. The van der Waals surface area contributed by atoms with Crippen LogP contribution in [0.4, 0.5) is 4.39 Å².